The number of nitrogens with two attached hydrogens (primary N) is 2. The lowest BCUT2D eigenvalue weighted by Crippen LogP contribution is -2.34. The first kappa shape index (κ1) is 15.1. The molecule has 1 aromatic rings. The normalized spacial score (nSPS) is 11.9. The fourth-order valence-electron chi connectivity index (χ4n) is 1.54. The average molecular weight is 266 g/mol. The maximum Gasteiger partial charge on any atom is 0.339 e. The van der Waals surface area contributed by atoms with E-state index in [0.29, 0.717) is 13.0 Å². The fourth-order valence-corrected chi connectivity index (χ4v) is 1.54. The van der Waals surface area contributed by atoms with Crippen LogP contribution in [0.25, 0.3) is 0 Å². The molecular weight excluding hydrogens is 248 g/mol. The van der Waals surface area contributed by atoms with Crippen LogP contribution in [0.5, 0.6) is 5.75 Å². The van der Waals surface area contributed by atoms with Crippen molar-refractivity contribution in [3.63, 3.8) is 0 Å². The van der Waals surface area contributed by atoms with Gasteiger partial charge in [0.25, 0.3) is 0 Å². The molecule has 0 unspecified atom stereocenters. The summed E-state index contributed by atoms with van der Waals surface area (Å²) in [6.07, 6.45) is 1.98. The number of carbonyl (C=O) groups is 2. The number of carbonyl (C=O) groups excluding carboxylic acids is 1. The van der Waals surface area contributed by atoms with Crippen LogP contribution in [-0.2, 0) is 4.79 Å². The molecule has 1 atom stereocenters. The van der Waals surface area contributed by atoms with Crippen molar-refractivity contribution in [1.29, 1.82) is 0 Å². The Morgan fingerprint density at radius 2 is 1.95 bits per heavy atom. The maximum atomic E-state index is 11.7. The summed E-state index contributed by atoms with van der Waals surface area (Å²) < 4.78 is 5.02. The Kier molecular flexibility index (Phi) is 5.98. The van der Waals surface area contributed by atoms with Crippen LogP contribution in [0.2, 0.25) is 0 Å². The third-order valence-corrected chi connectivity index (χ3v) is 2.60. The quantitative estimate of drug-likeness (QED) is 0.381. The highest BCUT2D eigenvalue weighted by Crippen LogP contribution is 2.18. The molecular formula is C13H18N2O4. The van der Waals surface area contributed by atoms with Crippen LogP contribution >= 0.6 is 0 Å². The van der Waals surface area contributed by atoms with Gasteiger partial charge >= 0.3 is 11.9 Å². The minimum absolute atomic E-state index is 0.00859. The van der Waals surface area contributed by atoms with Crippen LogP contribution in [0.15, 0.2) is 24.3 Å². The van der Waals surface area contributed by atoms with Gasteiger partial charge in [-0.1, -0.05) is 18.6 Å². The second kappa shape index (κ2) is 7.50. The molecule has 6 heteroatoms. The van der Waals surface area contributed by atoms with Gasteiger partial charge in [-0.05, 0) is 31.5 Å². The Hall–Kier alpha value is -1.92. The van der Waals surface area contributed by atoms with Crippen molar-refractivity contribution in [2.75, 3.05) is 6.54 Å². The predicted octanol–water partition coefficient (Wildman–Crippen LogP) is 0.747. The Bertz CT molecular complexity index is 448. The van der Waals surface area contributed by atoms with E-state index in [1.165, 1.54) is 12.1 Å². The lowest BCUT2D eigenvalue weighted by Gasteiger charge is -2.12. The molecule has 0 aliphatic rings. The zero-order valence-electron chi connectivity index (χ0n) is 10.5. The van der Waals surface area contributed by atoms with E-state index >= 15 is 0 Å². The molecule has 0 aliphatic carbocycles. The van der Waals surface area contributed by atoms with E-state index in [0.717, 1.165) is 12.8 Å². The monoisotopic (exact) mass is 266 g/mol. The fraction of sp³-hybridized carbons (Fsp3) is 0.385. The third-order valence-electron chi connectivity index (χ3n) is 2.60. The van der Waals surface area contributed by atoms with Crippen molar-refractivity contribution in [2.45, 2.75) is 25.3 Å². The first-order valence-corrected chi connectivity index (χ1v) is 6.06. The van der Waals surface area contributed by atoms with Gasteiger partial charge in [-0.15, -0.1) is 0 Å². The summed E-state index contributed by atoms with van der Waals surface area (Å²) in [6, 6.07) is 5.17. The van der Waals surface area contributed by atoms with E-state index in [-0.39, 0.29) is 11.3 Å². The molecule has 0 saturated heterocycles. The molecule has 5 N–H and O–H groups in total. The number of hydrogen-bond donors (Lipinski definition) is 3. The molecule has 6 nitrogen and oxygen atoms in total. The summed E-state index contributed by atoms with van der Waals surface area (Å²) in [5.74, 6) is -1.78. The summed E-state index contributed by atoms with van der Waals surface area (Å²) in [4.78, 5) is 22.7. The van der Waals surface area contributed by atoms with Crippen LogP contribution in [0.1, 0.15) is 29.6 Å². The van der Waals surface area contributed by atoms with E-state index in [1.54, 1.807) is 12.1 Å². The number of aromatic carboxylic acids is 1. The van der Waals surface area contributed by atoms with Crippen LogP contribution in [0.3, 0.4) is 0 Å². The SMILES string of the molecule is NCCCC[C@H](N)C(=O)Oc1ccccc1C(=O)O. The number of rotatable bonds is 7. The highest BCUT2D eigenvalue weighted by molar-refractivity contribution is 5.92. The first-order chi connectivity index (χ1) is 9.06. The summed E-state index contributed by atoms with van der Waals surface area (Å²) >= 11 is 0. The number of carboxylic acid groups (broad SMARTS) is 1. The third kappa shape index (κ3) is 4.69. The average Bonchev–Trinajstić information content (AvgIpc) is 2.39. The summed E-state index contributed by atoms with van der Waals surface area (Å²) in [5, 5.41) is 8.95. The van der Waals surface area contributed by atoms with Gasteiger partial charge in [-0.2, -0.15) is 0 Å². The van der Waals surface area contributed by atoms with Crippen LogP contribution in [0.4, 0.5) is 0 Å². The Morgan fingerprint density at radius 3 is 2.58 bits per heavy atom. The van der Waals surface area contributed by atoms with Crippen molar-refractivity contribution in [3.05, 3.63) is 29.8 Å². The number of carboxylic acids is 1. The largest absolute Gasteiger partial charge is 0.478 e. The number of ether oxygens (including phenoxy) is 1. The summed E-state index contributed by atoms with van der Waals surface area (Å²) in [7, 11) is 0. The number of para-hydroxylation sites is 1. The van der Waals surface area contributed by atoms with E-state index < -0.39 is 18.0 Å². The van der Waals surface area contributed by atoms with Gasteiger partial charge in [0.1, 0.15) is 17.4 Å². The van der Waals surface area contributed by atoms with E-state index in [2.05, 4.69) is 0 Å². The molecule has 0 spiro atoms. The van der Waals surface area contributed by atoms with Crippen LogP contribution in [-0.4, -0.2) is 29.6 Å². The van der Waals surface area contributed by atoms with Gasteiger partial charge in [-0.3, -0.25) is 0 Å². The molecule has 0 aromatic heterocycles. The second-order valence-electron chi connectivity index (χ2n) is 4.11. The highest BCUT2D eigenvalue weighted by Gasteiger charge is 2.18. The van der Waals surface area contributed by atoms with Crippen molar-refractivity contribution in [3.8, 4) is 5.75 Å². The van der Waals surface area contributed by atoms with Crippen molar-refractivity contribution >= 4 is 11.9 Å². The molecule has 0 aliphatic heterocycles. The highest BCUT2D eigenvalue weighted by atomic mass is 16.5. The molecule has 19 heavy (non-hydrogen) atoms. The van der Waals surface area contributed by atoms with Gasteiger partial charge in [0, 0.05) is 0 Å². The number of hydrogen-bond acceptors (Lipinski definition) is 5. The minimum atomic E-state index is -1.15. The number of esters is 1. The first-order valence-electron chi connectivity index (χ1n) is 6.06. The lowest BCUT2D eigenvalue weighted by molar-refractivity contribution is -0.136. The van der Waals surface area contributed by atoms with E-state index in [4.69, 9.17) is 21.3 Å². The Balaban J connectivity index is 2.64. The van der Waals surface area contributed by atoms with Gasteiger partial charge in [-0.25, -0.2) is 9.59 Å². The molecule has 0 fully saturated rings. The Morgan fingerprint density at radius 1 is 1.26 bits per heavy atom. The van der Waals surface area contributed by atoms with Crippen molar-refractivity contribution < 1.29 is 19.4 Å². The molecule has 0 amide bonds. The van der Waals surface area contributed by atoms with E-state index in [1.807, 2.05) is 0 Å². The lowest BCUT2D eigenvalue weighted by atomic mass is 10.1. The molecule has 1 aromatic carbocycles. The Labute approximate surface area is 111 Å². The van der Waals surface area contributed by atoms with Gasteiger partial charge in [0.15, 0.2) is 0 Å². The topological polar surface area (TPSA) is 116 Å². The molecule has 104 valence electrons. The van der Waals surface area contributed by atoms with Gasteiger partial charge in [0.2, 0.25) is 0 Å². The molecule has 0 radical (unpaired) electrons. The molecule has 0 bridgehead atoms. The minimum Gasteiger partial charge on any atom is -0.478 e. The smallest absolute Gasteiger partial charge is 0.339 e. The van der Waals surface area contributed by atoms with E-state index in [9.17, 15) is 9.59 Å². The molecule has 1 rings (SSSR count). The van der Waals surface area contributed by atoms with Crippen LogP contribution < -0.4 is 16.2 Å². The predicted molar refractivity (Wildman–Crippen MR) is 69.9 cm³/mol. The van der Waals surface area contributed by atoms with Gasteiger partial charge in [0.05, 0.1) is 0 Å². The number of benzene rings is 1. The zero-order valence-corrected chi connectivity index (χ0v) is 10.5. The summed E-state index contributed by atoms with van der Waals surface area (Å²) in [6.45, 7) is 0.545. The van der Waals surface area contributed by atoms with Crippen molar-refractivity contribution in [1.82, 2.24) is 0 Å². The summed E-state index contributed by atoms with van der Waals surface area (Å²) in [5.41, 5.74) is 10.9. The molecule has 0 saturated carbocycles. The van der Waals surface area contributed by atoms with Crippen molar-refractivity contribution in [2.24, 2.45) is 11.5 Å². The number of unbranched alkanes of at least 4 members (excludes halogenated alkanes) is 1. The van der Waals surface area contributed by atoms with Gasteiger partial charge < -0.3 is 21.3 Å². The van der Waals surface area contributed by atoms with Crippen LogP contribution in [0, 0.1) is 0 Å². The standard InChI is InChI=1S/C13H18N2O4/c14-8-4-3-6-10(15)13(18)19-11-7-2-1-5-9(11)12(16)17/h1-2,5,7,10H,3-4,6,8,14-15H2,(H,16,17)/t10-/m0/s1. The molecule has 0 heterocycles. The second-order valence-corrected chi connectivity index (χ2v) is 4.11. The zero-order chi connectivity index (χ0) is 14.3. The maximum absolute atomic E-state index is 11.7.